The van der Waals surface area contributed by atoms with Crippen LogP contribution in [0.15, 0.2) is 54.6 Å². The number of benzene rings is 1. The van der Waals surface area contributed by atoms with Gasteiger partial charge in [-0.2, -0.15) is 0 Å². The number of aromatic nitrogens is 2. The topological polar surface area (TPSA) is 46.9 Å². The number of hydrogen-bond donors (Lipinski definition) is 1. The third-order valence-corrected chi connectivity index (χ3v) is 4.05. The van der Waals surface area contributed by atoms with Gasteiger partial charge in [0.1, 0.15) is 0 Å². The Balaban J connectivity index is 1.52. The Morgan fingerprint density at radius 1 is 1.23 bits per heavy atom. The summed E-state index contributed by atoms with van der Waals surface area (Å²) in [6.07, 6.45) is 13.6. The number of imidazole rings is 1. The molecule has 1 aromatic carbocycles. The predicted molar refractivity (Wildman–Crippen MR) is 87.1 cm³/mol. The van der Waals surface area contributed by atoms with Crippen molar-refractivity contribution in [1.82, 2.24) is 14.9 Å². The number of nitrogens with zero attached hydrogens (tertiary/aromatic N) is 2. The number of allylic oxidation sites excluding steroid dienone is 1. The molecular weight excluding hydrogens is 274 g/mol. The lowest BCUT2D eigenvalue weighted by atomic mass is 9.97. The van der Waals surface area contributed by atoms with Crippen molar-refractivity contribution in [3.05, 3.63) is 60.2 Å². The predicted octanol–water partition coefficient (Wildman–Crippen LogP) is 3.49. The molecule has 0 saturated heterocycles. The van der Waals surface area contributed by atoms with Gasteiger partial charge in [-0.15, -0.1) is 0 Å². The standard InChI is InChI=1S/C18H21N3O/c22-18(20-11-10-15-4-2-1-3-5-15)16-6-8-17(9-7-16)21-13-12-19-14-21/h4,6-9,12-14H,1-3,5,10-11H2,(H,20,22). The SMILES string of the molecule is O=C(NCCC1=CCCCC1)c1ccc(-n2ccnc2)cc1. The van der Waals surface area contributed by atoms with Crippen LogP contribution in [0.3, 0.4) is 0 Å². The van der Waals surface area contributed by atoms with Crippen LogP contribution in [0.25, 0.3) is 5.69 Å². The van der Waals surface area contributed by atoms with Crippen LogP contribution in [0.1, 0.15) is 42.5 Å². The fraction of sp³-hybridized carbons (Fsp3) is 0.333. The van der Waals surface area contributed by atoms with Crippen LogP contribution >= 0.6 is 0 Å². The lowest BCUT2D eigenvalue weighted by Crippen LogP contribution is -2.24. The van der Waals surface area contributed by atoms with Crippen LogP contribution < -0.4 is 5.32 Å². The second-order valence-corrected chi connectivity index (χ2v) is 5.63. The molecule has 0 aliphatic heterocycles. The van der Waals surface area contributed by atoms with E-state index in [0.717, 1.165) is 12.1 Å². The molecule has 1 aliphatic rings. The Morgan fingerprint density at radius 2 is 2.09 bits per heavy atom. The number of hydrogen-bond acceptors (Lipinski definition) is 2. The maximum Gasteiger partial charge on any atom is 0.251 e. The summed E-state index contributed by atoms with van der Waals surface area (Å²) in [5.74, 6) is -0.00593. The largest absolute Gasteiger partial charge is 0.352 e. The molecule has 0 radical (unpaired) electrons. The summed E-state index contributed by atoms with van der Waals surface area (Å²) in [6.45, 7) is 0.716. The molecule has 0 spiro atoms. The van der Waals surface area contributed by atoms with Crippen molar-refractivity contribution in [1.29, 1.82) is 0 Å². The number of nitrogens with one attached hydrogen (secondary N) is 1. The van der Waals surface area contributed by atoms with E-state index in [0.29, 0.717) is 12.1 Å². The van der Waals surface area contributed by atoms with Crippen LogP contribution in [0, 0.1) is 0 Å². The monoisotopic (exact) mass is 295 g/mol. The van der Waals surface area contributed by atoms with E-state index in [-0.39, 0.29) is 5.91 Å². The van der Waals surface area contributed by atoms with Gasteiger partial charge in [0.25, 0.3) is 5.91 Å². The molecular formula is C18H21N3O. The van der Waals surface area contributed by atoms with Gasteiger partial charge in [-0.05, 0) is 56.4 Å². The minimum absolute atomic E-state index is 0.00593. The van der Waals surface area contributed by atoms with Crippen LogP contribution in [-0.2, 0) is 0 Å². The van der Waals surface area contributed by atoms with Crippen molar-refractivity contribution in [3.63, 3.8) is 0 Å². The van der Waals surface area contributed by atoms with Crippen molar-refractivity contribution >= 4 is 5.91 Å². The summed E-state index contributed by atoms with van der Waals surface area (Å²) in [5.41, 5.74) is 3.19. The van der Waals surface area contributed by atoms with Crippen molar-refractivity contribution in [2.24, 2.45) is 0 Å². The van der Waals surface area contributed by atoms with E-state index in [1.54, 1.807) is 12.5 Å². The molecule has 0 unspecified atom stereocenters. The smallest absolute Gasteiger partial charge is 0.251 e. The number of amides is 1. The summed E-state index contributed by atoms with van der Waals surface area (Å²) < 4.78 is 1.91. The average molecular weight is 295 g/mol. The minimum atomic E-state index is -0.00593. The number of rotatable bonds is 5. The van der Waals surface area contributed by atoms with E-state index in [1.807, 2.05) is 35.0 Å². The first kappa shape index (κ1) is 14.6. The fourth-order valence-corrected chi connectivity index (χ4v) is 2.77. The molecule has 1 N–H and O–H groups in total. The molecule has 22 heavy (non-hydrogen) atoms. The summed E-state index contributed by atoms with van der Waals surface area (Å²) in [4.78, 5) is 16.2. The molecule has 0 bridgehead atoms. The molecule has 2 aromatic rings. The zero-order chi connectivity index (χ0) is 15.2. The average Bonchev–Trinajstić information content (AvgIpc) is 3.10. The Labute approximate surface area is 130 Å². The summed E-state index contributed by atoms with van der Waals surface area (Å²) in [7, 11) is 0. The highest BCUT2D eigenvalue weighted by Gasteiger charge is 2.07. The van der Waals surface area contributed by atoms with E-state index in [2.05, 4.69) is 16.4 Å². The van der Waals surface area contributed by atoms with Gasteiger partial charge in [0.05, 0.1) is 6.33 Å². The summed E-state index contributed by atoms with van der Waals surface area (Å²) >= 11 is 0. The molecule has 1 aromatic heterocycles. The van der Waals surface area contributed by atoms with Crippen molar-refractivity contribution in [3.8, 4) is 5.69 Å². The van der Waals surface area contributed by atoms with Gasteiger partial charge in [-0.25, -0.2) is 4.98 Å². The second-order valence-electron chi connectivity index (χ2n) is 5.63. The molecule has 114 valence electrons. The highest BCUT2D eigenvalue weighted by Crippen LogP contribution is 2.19. The zero-order valence-electron chi connectivity index (χ0n) is 12.7. The lowest BCUT2D eigenvalue weighted by Gasteiger charge is -2.13. The molecule has 1 heterocycles. The van der Waals surface area contributed by atoms with Gasteiger partial charge in [0, 0.05) is 30.2 Å². The quantitative estimate of drug-likeness (QED) is 0.858. The first-order valence-corrected chi connectivity index (χ1v) is 7.87. The number of carbonyl (C=O) groups excluding carboxylic acids is 1. The molecule has 0 fully saturated rings. The van der Waals surface area contributed by atoms with E-state index in [1.165, 1.54) is 31.3 Å². The number of carbonyl (C=O) groups is 1. The van der Waals surface area contributed by atoms with Crippen LogP contribution in [0.2, 0.25) is 0 Å². The van der Waals surface area contributed by atoms with E-state index in [4.69, 9.17) is 0 Å². The summed E-state index contributed by atoms with van der Waals surface area (Å²) in [6, 6.07) is 7.57. The third-order valence-electron chi connectivity index (χ3n) is 4.05. The van der Waals surface area contributed by atoms with Crippen molar-refractivity contribution in [2.45, 2.75) is 32.1 Å². The first-order chi connectivity index (χ1) is 10.8. The highest BCUT2D eigenvalue weighted by molar-refractivity contribution is 5.94. The Kier molecular flexibility index (Phi) is 4.68. The van der Waals surface area contributed by atoms with E-state index < -0.39 is 0 Å². The lowest BCUT2D eigenvalue weighted by molar-refractivity contribution is 0.0954. The molecule has 0 saturated carbocycles. The van der Waals surface area contributed by atoms with Crippen LogP contribution in [0.4, 0.5) is 0 Å². The van der Waals surface area contributed by atoms with Crippen LogP contribution in [0.5, 0.6) is 0 Å². The van der Waals surface area contributed by atoms with Gasteiger partial charge in [0.2, 0.25) is 0 Å². The van der Waals surface area contributed by atoms with Gasteiger partial charge >= 0.3 is 0 Å². The Bertz CT molecular complexity index is 641. The zero-order valence-corrected chi connectivity index (χ0v) is 12.7. The molecule has 3 rings (SSSR count). The van der Waals surface area contributed by atoms with E-state index >= 15 is 0 Å². The van der Waals surface area contributed by atoms with Gasteiger partial charge < -0.3 is 9.88 Å². The normalized spacial score (nSPS) is 14.5. The molecule has 4 heteroatoms. The summed E-state index contributed by atoms with van der Waals surface area (Å²) in [5, 5.41) is 3.00. The highest BCUT2D eigenvalue weighted by atomic mass is 16.1. The maximum absolute atomic E-state index is 12.1. The molecule has 0 atom stereocenters. The minimum Gasteiger partial charge on any atom is -0.352 e. The Morgan fingerprint density at radius 3 is 2.77 bits per heavy atom. The van der Waals surface area contributed by atoms with Gasteiger partial charge in [-0.3, -0.25) is 4.79 Å². The van der Waals surface area contributed by atoms with Gasteiger partial charge in [0.15, 0.2) is 0 Å². The van der Waals surface area contributed by atoms with Gasteiger partial charge in [-0.1, -0.05) is 11.6 Å². The molecule has 4 nitrogen and oxygen atoms in total. The third kappa shape index (κ3) is 3.64. The van der Waals surface area contributed by atoms with Crippen LogP contribution in [-0.4, -0.2) is 22.0 Å². The Hall–Kier alpha value is -2.36. The fourth-order valence-electron chi connectivity index (χ4n) is 2.77. The molecule has 1 amide bonds. The second kappa shape index (κ2) is 7.07. The van der Waals surface area contributed by atoms with Crippen molar-refractivity contribution in [2.75, 3.05) is 6.54 Å². The van der Waals surface area contributed by atoms with E-state index in [9.17, 15) is 4.79 Å². The molecule has 1 aliphatic carbocycles. The first-order valence-electron chi connectivity index (χ1n) is 7.87. The maximum atomic E-state index is 12.1. The van der Waals surface area contributed by atoms with Crippen molar-refractivity contribution < 1.29 is 4.79 Å².